The molecule has 0 radical (unpaired) electrons. The predicted molar refractivity (Wildman–Crippen MR) is 45.7 cm³/mol. The van der Waals surface area contributed by atoms with Crippen molar-refractivity contribution in [2.75, 3.05) is 6.86 Å². The van der Waals surface area contributed by atoms with Gasteiger partial charge < -0.3 is 0 Å². The van der Waals surface area contributed by atoms with Crippen LogP contribution in [-0.4, -0.2) is 15.3 Å². The zero-order valence-electron chi connectivity index (χ0n) is 6.41. The molecule has 0 aliphatic rings. The normalized spacial score (nSPS) is 11.5. The van der Waals surface area contributed by atoms with E-state index in [1.165, 1.54) is 24.3 Å². The van der Waals surface area contributed by atoms with Crippen molar-refractivity contribution in [3.05, 3.63) is 29.3 Å². The van der Waals surface area contributed by atoms with Crippen molar-refractivity contribution in [2.24, 2.45) is 0 Å². The highest BCUT2D eigenvalue weighted by Crippen LogP contribution is 2.15. The molecular formula is C7H6ClFO3S. The Hall–Kier alpha value is -0.650. The third-order valence-corrected chi connectivity index (χ3v) is 2.80. The Morgan fingerprint density at radius 2 is 1.85 bits per heavy atom. The van der Waals surface area contributed by atoms with Crippen molar-refractivity contribution in [2.45, 2.75) is 4.90 Å². The molecule has 1 aromatic carbocycles. The second-order valence-electron chi connectivity index (χ2n) is 2.14. The summed E-state index contributed by atoms with van der Waals surface area (Å²) in [4.78, 5) is -0.116. The average Bonchev–Trinajstić information content (AvgIpc) is 2.05. The maximum atomic E-state index is 11.6. The Kier molecular flexibility index (Phi) is 3.24. The molecule has 0 atom stereocenters. The van der Waals surface area contributed by atoms with E-state index in [9.17, 15) is 12.8 Å². The van der Waals surface area contributed by atoms with Gasteiger partial charge in [0.05, 0.1) is 4.90 Å². The highest BCUT2D eigenvalue weighted by molar-refractivity contribution is 7.86. The van der Waals surface area contributed by atoms with E-state index in [-0.39, 0.29) is 4.90 Å². The molecule has 0 N–H and O–H groups in total. The first-order chi connectivity index (χ1) is 6.06. The largest absolute Gasteiger partial charge is 0.299 e. The summed E-state index contributed by atoms with van der Waals surface area (Å²) in [6, 6.07) is 5.26. The molecule has 72 valence electrons. The number of halogens is 2. The van der Waals surface area contributed by atoms with E-state index in [1.54, 1.807) is 0 Å². The Morgan fingerprint density at radius 3 is 2.31 bits per heavy atom. The van der Waals surface area contributed by atoms with Crippen LogP contribution in [0.3, 0.4) is 0 Å². The summed E-state index contributed by atoms with van der Waals surface area (Å²) in [6.45, 7) is -1.37. The van der Waals surface area contributed by atoms with Crippen LogP contribution in [0.15, 0.2) is 29.2 Å². The third-order valence-electron chi connectivity index (χ3n) is 1.30. The van der Waals surface area contributed by atoms with Crippen LogP contribution in [0.2, 0.25) is 5.02 Å². The Labute approximate surface area is 80.2 Å². The molecule has 1 rings (SSSR count). The van der Waals surface area contributed by atoms with Gasteiger partial charge in [0.25, 0.3) is 10.1 Å². The molecule has 0 aliphatic heterocycles. The van der Waals surface area contributed by atoms with Crippen molar-refractivity contribution in [1.82, 2.24) is 0 Å². The van der Waals surface area contributed by atoms with E-state index in [2.05, 4.69) is 4.18 Å². The lowest BCUT2D eigenvalue weighted by atomic mass is 10.4. The highest BCUT2D eigenvalue weighted by Gasteiger charge is 2.13. The minimum absolute atomic E-state index is 0.116. The fourth-order valence-corrected chi connectivity index (χ4v) is 1.58. The molecular weight excluding hydrogens is 219 g/mol. The van der Waals surface area contributed by atoms with Gasteiger partial charge in [-0.25, -0.2) is 8.57 Å². The second kappa shape index (κ2) is 4.04. The van der Waals surface area contributed by atoms with Gasteiger partial charge in [0.2, 0.25) is 6.86 Å². The summed E-state index contributed by atoms with van der Waals surface area (Å²) < 4.78 is 37.6. The minimum atomic E-state index is -3.96. The number of hydrogen-bond acceptors (Lipinski definition) is 3. The van der Waals surface area contributed by atoms with E-state index in [4.69, 9.17) is 11.6 Å². The zero-order chi connectivity index (χ0) is 9.90. The van der Waals surface area contributed by atoms with E-state index < -0.39 is 17.0 Å². The van der Waals surface area contributed by atoms with Gasteiger partial charge in [0, 0.05) is 5.02 Å². The van der Waals surface area contributed by atoms with Gasteiger partial charge in [-0.2, -0.15) is 8.42 Å². The van der Waals surface area contributed by atoms with Gasteiger partial charge in [0.1, 0.15) is 0 Å². The topological polar surface area (TPSA) is 43.4 Å². The van der Waals surface area contributed by atoms with Crippen LogP contribution in [0.4, 0.5) is 4.39 Å². The fourth-order valence-electron chi connectivity index (χ4n) is 0.728. The average molecular weight is 225 g/mol. The quantitative estimate of drug-likeness (QED) is 0.738. The Morgan fingerprint density at radius 1 is 1.31 bits per heavy atom. The predicted octanol–water partition coefficient (Wildman–Crippen LogP) is 1.97. The minimum Gasteiger partial charge on any atom is -0.232 e. The first-order valence-corrected chi connectivity index (χ1v) is 5.06. The lowest BCUT2D eigenvalue weighted by molar-refractivity contribution is 0.198. The first-order valence-electron chi connectivity index (χ1n) is 3.27. The summed E-state index contributed by atoms with van der Waals surface area (Å²) in [7, 11) is -3.96. The molecule has 3 nitrogen and oxygen atoms in total. The molecule has 0 aliphatic carbocycles. The van der Waals surface area contributed by atoms with Gasteiger partial charge in [-0.05, 0) is 24.3 Å². The summed E-state index contributed by atoms with van der Waals surface area (Å²) in [5.74, 6) is 0. The number of rotatable bonds is 3. The molecule has 0 heterocycles. The molecule has 0 spiro atoms. The summed E-state index contributed by atoms with van der Waals surface area (Å²) in [5.41, 5.74) is 0. The van der Waals surface area contributed by atoms with Crippen LogP contribution < -0.4 is 0 Å². The van der Waals surface area contributed by atoms with E-state index in [1.807, 2.05) is 0 Å². The number of hydrogen-bond donors (Lipinski definition) is 0. The molecule has 0 fully saturated rings. The van der Waals surface area contributed by atoms with E-state index >= 15 is 0 Å². The summed E-state index contributed by atoms with van der Waals surface area (Å²) in [6.07, 6.45) is 0. The maximum absolute atomic E-state index is 11.6. The van der Waals surface area contributed by atoms with Gasteiger partial charge in [0.15, 0.2) is 0 Å². The molecule has 0 aromatic heterocycles. The first kappa shape index (κ1) is 10.4. The molecule has 0 bridgehead atoms. The molecule has 0 unspecified atom stereocenters. The smallest absolute Gasteiger partial charge is 0.232 e. The lowest BCUT2D eigenvalue weighted by Gasteiger charge is -2.00. The molecule has 1 aromatic rings. The van der Waals surface area contributed by atoms with Crippen molar-refractivity contribution in [1.29, 1.82) is 0 Å². The standard InChI is InChI=1S/C7H6ClFO3S/c8-6-1-3-7(4-2-6)13(10,11)12-5-9/h1-4H,5H2. The third kappa shape index (κ3) is 2.65. The Bertz CT molecular complexity index is 373. The summed E-state index contributed by atoms with van der Waals surface area (Å²) in [5, 5.41) is 0.402. The van der Waals surface area contributed by atoms with Gasteiger partial charge in [-0.1, -0.05) is 11.6 Å². The van der Waals surface area contributed by atoms with Crippen molar-refractivity contribution in [3.63, 3.8) is 0 Å². The highest BCUT2D eigenvalue weighted by atomic mass is 35.5. The molecule has 0 amide bonds. The van der Waals surface area contributed by atoms with Crippen molar-refractivity contribution >= 4 is 21.7 Å². The van der Waals surface area contributed by atoms with Crippen LogP contribution in [0.1, 0.15) is 0 Å². The fraction of sp³-hybridized carbons (Fsp3) is 0.143. The maximum Gasteiger partial charge on any atom is 0.299 e. The monoisotopic (exact) mass is 224 g/mol. The summed E-state index contributed by atoms with van der Waals surface area (Å²) >= 11 is 5.53. The molecule has 0 saturated heterocycles. The van der Waals surface area contributed by atoms with Crippen molar-refractivity contribution in [3.8, 4) is 0 Å². The van der Waals surface area contributed by atoms with Gasteiger partial charge >= 0.3 is 0 Å². The SMILES string of the molecule is O=S(=O)(OCF)c1ccc(Cl)cc1. The second-order valence-corrected chi connectivity index (χ2v) is 4.19. The Balaban J connectivity index is 3.02. The van der Waals surface area contributed by atoms with Crippen LogP contribution >= 0.6 is 11.6 Å². The van der Waals surface area contributed by atoms with Gasteiger partial charge in [-0.15, -0.1) is 0 Å². The van der Waals surface area contributed by atoms with Crippen LogP contribution in [0.25, 0.3) is 0 Å². The van der Waals surface area contributed by atoms with E-state index in [0.717, 1.165) is 0 Å². The van der Waals surface area contributed by atoms with Crippen LogP contribution in [0.5, 0.6) is 0 Å². The molecule has 13 heavy (non-hydrogen) atoms. The van der Waals surface area contributed by atoms with Crippen LogP contribution in [-0.2, 0) is 14.3 Å². The van der Waals surface area contributed by atoms with Crippen molar-refractivity contribution < 1.29 is 17.0 Å². The van der Waals surface area contributed by atoms with E-state index in [0.29, 0.717) is 5.02 Å². The number of alkyl halides is 1. The number of benzene rings is 1. The lowest BCUT2D eigenvalue weighted by Crippen LogP contribution is -2.04. The van der Waals surface area contributed by atoms with Gasteiger partial charge in [-0.3, -0.25) is 0 Å². The molecule has 0 saturated carbocycles. The zero-order valence-corrected chi connectivity index (χ0v) is 7.98. The van der Waals surface area contributed by atoms with Crippen LogP contribution in [0, 0.1) is 0 Å². The molecule has 6 heteroatoms.